The minimum Gasteiger partial charge on any atom is -0.496 e. The predicted octanol–water partition coefficient (Wildman–Crippen LogP) is 3.57. The maximum Gasteiger partial charge on any atom is 0.246 e. The molecule has 1 aromatic heterocycles. The molecule has 7 nitrogen and oxygen atoms in total. The van der Waals surface area contributed by atoms with Gasteiger partial charge in [-0.05, 0) is 51.8 Å². The number of benzene rings is 1. The highest BCUT2D eigenvalue weighted by atomic mass is 32.2. The van der Waals surface area contributed by atoms with Crippen molar-refractivity contribution in [1.82, 2.24) is 14.1 Å². The summed E-state index contributed by atoms with van der Waals surface area (Å²) in [6.07, 6.45) is 1.50. The van der Waals surface area contributed by atoms with Crippen molar-refractivity contribution in [3.05, 3.63) is 40.7 Å². The van der Waals surface area contributed by atoms with Gasteiger partial charge in [0.1, 0.15) is 10.6 Å². The Bertz CT molecular complexity index is 974. The van der Waals surface area contributed by atoms with E-state index in [-0.39, 0.29) is 10.7 Å². The number of nitrogens with zero attached hydrogens (tertiary/aromatic N) is 3. The van der Waals surface area contributed by atoms with Crippen LogP contribution < -0.4 is 4.74 Å². The van der Waals surface area contributed by atoms with E-state index in [1.807, 2.05) is 13.8 Å². The summed E-state index contributed by atoms with van der Waals surface area (Å²) in [5.41, 5.74) is 2.40. The molecule has 0 saturated carbocycles. The topological polar surface area (TPSA) is 81.5 Å². The molecule has 0 radical (unpaired) electrons. The number of methoxy groups -OCH3 is 1. The van der Waals surface area contributed by atoms with Gasteiger partial charge in [-0.1, -0.05) is 13.8 Å². The quantitative estimate of drug-likeness (QED) is 0.548. The molecular weight excluding hydrogens is 390 g/mol. The Morgan fingerprint density at radius 3 is 2.31 bits per heavy atom. The van der Waals surface area contributed by atoms with Gasteiger partial charge in [0, 0.05) is 24.2 Å². The molecule has 0 aliphatic heterocycles. The second-order valence-corrected chi connectivity index (χ2v) is 9.02. The van der Waals surface area contributed by atoms with Crippen LogP contribution in [-0.4, -0.2) is 48.5 Å². The molecular formula is C21H31N3O4S. The highest BCUT2D eigenvalue weighted by molar-refractivity contribution is 7.89. The molecule has 0 aliphatic carbocycles. The highest BCUT2D eigenvalue weighted by Gasteiger charge is 2.30. The van der Waals surface area contributed by atoms with Gasteiger partial charge in [0.05, 0.1) is 25.0 Å². The number of hydrogen-bond donors (Lipinski definition) is 0. The Labute approximate surface area is 173 Å². The van der Waals surface area contributed by atoms with Crippen LogP contribution in [0, 0.1) is 13.8 Å². The standard InChI is InChI=1S/C21H31N3O4S/c1-7-11-23(12-8-2)29(26,27)21-15(3)22-24(16(21)4)14-19-13-18(17(5)25)9-10-20(19)28-6/h9-10,13H,7-8,11-12,14H2,1-6H3. The van der Waals surface area contributed by atoms with E-state index < -0.39 is 10.0 Å². The molecule has 0 saturated heterocycles. The Balaban J connectivity index is 2.50. The molecule has 0 N–H and O–H groups in total. The minimum atomic E-state index is -3.63. The van der Waals surface area contributed by atoms with Crippen molar-refractivity contribution in [1.29, 1.82) is 0 Å². The number of ether oxygens (including phenoxy) is 1. The van der Waals surface area contributed by atoms with Gasteiger partial charge >= 0.3 is 0 Å². The van der Waals surface area contributed by atoms with Crippen molar-refractivity contribution >= 4 is 15.8 Å². The van der Waals surface area contributed by atoms with Gasteiger partial charge in [-0.2, -0.15) is 9.40 Å². The van der Waals surface area contributed by atoms with E-state index in [4.69, 9.17) is 4.74 Å². The van der Waals surface area contributed by atoms with Crippen molar-refractivity contribution in [2.75, 3.05) is 20.2 Å². The van der Waals surface area contributed by atoms with Crippen molar-refractivity contribution in [3.63, 3.8) is 0 Å². The monoisotopic (exact) mass is 421 g/mol. The Kier molecular flexibility index (Phi) is 7.60. The molecule has 160 valence electrons. The zero-order chi connectivity index (χ0) is 21.8. The van der Waals surface area contributed by atoms with Gasteiger partial charge < -0.3 is 4.74 Å². The SMILES string of the molecule is CCCN(CCC)S(=O)(=O)c1c(C)nn(Cc2cc(C(C)=O)ccc2OC)c1C. The van der Waals surface area contributed by atoms with Gasteiger partial charge in [-0.25, -0.2) is 8.42 Å². The van der Waals surface area contributed by atoms with Crippen molar-refractivity contribution in [3.8, 4) is 5.75 Å². The van der Waals surface area contributed by atoms with Crippen LogP contribution in [0.5, 0.6) is 5.75 Å². The van der Waals surface area contributed by atoms with Gasteiger partial charge in [0.2, 0.25) is 10.0 Å². The van der Waals surface area contributed by atoms with Crippen LogP contribution >= 0.6 is 0 Å². The van der Waals surface area contributed by atoms with Gasteiger partial charge in [0.25, 0.3) is 0 Å². The first-order valence-corrected chi connectivity index (χ1v) is 11.3. The minimum absolute atomic E-state index is 0.0414. The first-order valence-electron chi connectivity index (χ1n) is 9.89. The van der Waals surface area contributed by atoms with E-state index in [2.05, 4.69) is 5.10 Å². The Morgan fingerprint density at radius 2 is 1.79 bits per heavy atom. The van der Waals surface area contributed by atoms with E-state index >= 15 is 0 Å². The van der Waals surface area contributed by atoms with Crippen LogP contribution in [0.2, 0.25) is 0 Å². The lowest BCUT2D eigenvalue weighted by Gasteiger charge is -2.21. The summed E-state index contributed by atoms with van der Waals surface area (Å²) in [4.78, 5) is 12.0. The third kappa shape index (κ3) is 4.87. The molecule has 1 aromatic carbocycles. The molecule has 29 heavy (non-hydrogen) atoms. The third-order valence-electron chi connectivity index (χ3n) is 4.87. The number of carbonyl (C=O) groups is 1. The summed E-state index contributed by atoms with van der Waals surface area (Å²) < 4.78 is 35.2. The van der Waals surface area contributed by atoms with Gasteiger partial charge in [-0.15, -0.1) is 0 Å². The van der Waals surface area contributed by atoms with E-state index in [9.17, 15) is 13.2 Å². The first-order chi connectivity index (χ1) is 13.7. The Morgan fingerprint density at radius 1 is 1.17 bits per heavy atom. The smallest absolute Gasteiger partial charge is 0.246 e. The zero-order valence-electron chi connectivity index (χ0n) is 18.2. The number of rotatable bonds is 10. The molecule has 0 fully saturated rings. The maximum atomic E-state index is 13.3. The van der Waals surface area contributed by atoms with Crippen molar-refractivity contribution < 1.29 is 17.9 Å². The normalized spacial score (nSPS) is 11.8. The molecule has 0 spiro atoms. The summed E-state index contributed by atoms with van der Waals surface area (Å²) in [6.45, 7) is 10.2. The molecule has 0 aliphatic rings. The molecule has 0 bridgehead atoms. The van der Waals surface area contributed by atoms with Crippen LogP contribution in [0.15, 0.2) is 23.1 Å². The second kappa shape index (κ2) is 9.54. The van der Waals surface area contributed by atoms with E-state index in [0.717, 1.165) is 18.4 Å². The van der Waals surface area contributed by atoms with Crippen molar-refractivity contribution in [2.45, 2.75) is 58.9 Å². The van der Waals surface area contributed by atoms with E-state index in [0.29, 0.717) is 42.3 Å². The number of aromatic nitrogens is 2. The average Bonchev–Trinajstić information content (AvgIpc) is 2.95. The summed E-state index contributed by atoms with van der Waals surface area (Å²) in [5.74, 6) is 0.589. The van der Waals surface area contributed by atoms with Crippen LogP contribution in [0.4, 0.5) is 0 Å². The van der Waals surface area contributed by atoms with Crippen molar-refractivity contribution in [2.24, 2.45) is 0 Å². The van der Waals surface area contributed by atoms with Crippen LogP contribution in [0.3, 0.4) is 0 Å². The lowest BCUT2D eigenvalue weighted by atomic mass is 10.1. The fourth-order valence-corrected chi connectivity index (χ4v) is 5.47. The molecule has 0 unspecified atom stereocenters. The fraction of sp³-hybridized carbons (Fsp3) is 0.524. The number of sulfonamides is 1. The highest BCUT2D eigenvalue weighted by Crippen LogP contribution is 2.27. The Hall–Kier alpha value is -2.19. The van der Waals surface area contributed by atoms with E-state index in [1.54, 1.807) is 43.8 Å². The average molecular weight is 422 g/mol. The summed E-state index contributed by atoms with van der Waals surface area (Å²) in [6, 6.07) is 5.24. The second-order valence-electron chi connectivity index (χ2n) is 7.14. The summed E-state index contributed by atoms with van der Waals surface area (Å²) in [7, 11) is -2.06. The first kappa shape index (κ1) is 23.1. The summed E-state index contributed by atoms with van der Waals surface area (Å²) in [5, 5.41) is 4.49. The summed E-state index contributed by atoms with van der Waals surface area (Å²) >= 11 is 0. The van der Waals surface area contributed by atoms with Crippen LogP contribution in [0.1, 0.15) is 60.9 Å². The lowest BCUT2D eigenvalue weighted by Crippen LogP contribution is -2.33. The molecule has 8 heteroatoms. The number of carbonyl (C=O) groups excluding carboxylic acids is 1. The van der Waals surface area contributed by atoms with Gasteiger partial charge in [0.15, 0.2) is 5.78 Å². The molecule has 1 heterocycles. The van der Waals surface area contributed by atoms with Crippen LogP contribution in [0.25, 0.3) is 0 Å². The lowest BCUT2D eigenvalue weighted by molar-refractivity contribution is 0.101. The predicted molar refractivity (Wildman–Crippen MR) is 113 cm³/mol. The third-order valence-corrected chi connectivity index (χ3v) is 7.02. The number of Topliss-reactive ketones (excluding diaryl/α,β-unsaturated/α-hetero) is 1. The largest absolute Gasteiger partial charge is 0.496 e. The number of aryl methyl sites for hydroxylation is 1. The van der Waals surface area contributed by atoms with E-state index in [1.165, 1.54) is 11.2 Å². The zero-order valence-corrected chi connectivity index (χ0v) is 19.0. The number of ketones is 1. The molecule has 0 atom stereocenters. The molecule has 2 rings (SSSR count). The van der Waals surface area contributed by atoms with Crippen LogP contribution in [-0.2, 0) is 16.6 Å². The number of hydrogen-bond acceptors (Lipinski definition) is 5. The molecule has 0 amide bonds. The maximum absolute atomic E-state index is 13.3. The fourth-order valence-electron chi connectivity index (χ4n) is 3.47. The molecule has 2 aromatic rings. The van der Waals surface area contributed by atoms with Gasteiger partial charge in [-0.3, -0.25) is 9.48 Å².